The van der Waals surface area contributed by atoms with Crippen LogP contribution in [0, 0.1) is 0 Å². The SMILES string of the molecule is COc1cc(O)c2c(c1)OC(c1ccc(O)c(Oc3ccc(-c4cc(=O)c5c(O)cc(O)cc5o4)cc3)c1)CC2=O. The fraction of sp³-hybridized carbons (Fsp3) is 0.0968. The average Bonchev–Trinajstić information content (AvgIpc) is 2.93. The normalized spacial score (nSPS) is 14.4. The Hall–Kier alpha value is -5.64. The van der Waals surface area contributed by atoms with E-state index in [9.17, 15) is 30.0 Å². The minimum absolute atomic E-state index is 0.0295. The van der Waals surface area contributed by atoms with Gasteiger partial charge in [0.05, 0.1) is 13.5 Å². The second-order valence-corrected chi connectivity index (χ2v) is 9.42. The van der Waals surface area contributed by atoms with Crippen LogP contribution in [-0.4, -0.2) is 33.3 Å². The lowest BCUT2D eigenvalue weighted by molar-refractivity contribution is 0.0844. The summed E-state index contributed by atoms with van der Waals surface area (Å²) in [4.78, 5) is 25.3. The summed E-state index contributed by atoms with van der Waals surface area (Å²) in [6.45, 7) is 0. The van der Waals surface area contributed by atoms with Gasteiger partial charge in [0.2, 0.25) is 0 Å². The number of methoxy groups -OCH3 is 1. The van der Waals surface area contributed by atoms with Gasteiger partial charge < -0.3 is 39.1 Å². The first-order chi connectivity index (χ1) is 19.7. The summed E-state index contributed by atoms with van der Waals surface area (Å²) in [6, 6.07) is 17.5. The molecular weight excluding hydrogens is 532 g/mol. The summed E-state index contributed by atoms with van der Waals surface area (Å²) >= 11 is 0. The van der Waals surface area contributed by atoms with E-state index in [1.165, 1.54) is 37.4 Å². The predicted molar refractivity (Wildman–Crippen MR) is 146 cm³/mol. The number of hydrogen-bond donors (Lipinski definition) is 4. The van der Waals surface area contributed by atoms with Crippen LogP contribution < -0.4 is 19.6 Å². The number of hydrogen-bond acceptors (Lipinski definition) is 10. The van der Waals surface area contributed by atoms with Gasteiger partial charge in [-0.05, 0) is 42.0 Å². The molecule has 1 aliphatic rings. The molecule has 1 atom stereocenters. The summed E-state index contributed by atoms with van der Waals surface area (Å²) in [5.41, 5.74) is 0.754. The van der Waals surface area contributed by atoms with Crippen LogP contribution in [0.4, 0.5) is 0 Å². The molecule has 0 radical (unpaired) electrons. The monoisotopic (exact) mass is 554 g/mol. The van der Waals surface area contributed by atoms with Crippen LogP contribution in [0.5, 0.6) is 46.0 Å². The van der Waals surface area contributed by atoms with Crippen molar-refractivity contribution in [3.63, 3.8) is 0 Å². The van der Waals surface area contributed by atoms with Gasteiger partial charge >= 0.3 is 0 Å². The number of Topliss-reactive ketones (excluding diaryl/α,β-unsaturated/α-hetero) is 1. The molecular formula is C31H22O10. The maximum absolute atomic E-state index is 12.8. The summed E-state index contributed by atoms with van der Waals surface area (Å²) in [7, 11) is 1.44. The minimum Gasteiger partial charge on any atom is -0.508 e. The first kappa shape index (κ1) is 25.6. The zero-order valence-corrected chi connectivity index (χ0v) is 21.5. The summed E-state index contributed by atoms with van der Waals surface area (Å²) in [6.07, 6.45) is -0.723. The number of phenolic OH excluding ortho intramolecular Hbond substituents is 4. The first-order valence-electron chi connectivity index (χ1n) is 12.4. The van der Waals surface area contributed by atoms with Crippen molar-refractivity contribution in [3.8, 4) is 57.3 Å². The predicted octanol–water partition coefficient (Wildman–Crippen LogP) is 5.79. The minimum atomic E-state index is -0.693. The Morgan fingerprint density at radius 1 is 0.805 bits per heavy atom. The Balaban J connectivity index is 1.25. The zero-order valence-electron chi connectivity index (χ0n) is 21.5. The lowest BCUT2D eigenvalue weighted by Gasteiger charge is -2.26. The molecule has 2 heterocycles. The maximum atomic E-state index is 12.8. The zero-order chi connectivity index (χ0) is 28.8. The number of aromatic hydroxyl groups is 4. The molecule has 5 aromatic rings. The number of benzene rings is 4. The molecule has 206 valence electrons. The van der Waals surface area contributed by atoms with Crippen molar-refractivity contribution < 1.29 is 43.8 Å². The van der Waals surface area contributed by atoms with E-state index < -0.39 is 11.5 Å². The Labute approximate surface area is 231 Å². The van der Waals surface area contributed by atoms with Crippen molar-refractivity contribution in [1.82, 2.24) is 0 Å². The van der Waals surface area contributed by atoms with Gasteiger partial charge in [-0.25, -0.2) is 0 Å². The van der Waals surface area contributed by atoms with Gasteiger partial charge in [0.15, 0.2) is 22.7 Å². The molecule has 6 rings (SSSR count). The number of phenols is 4. The Bertz CT molecular complexity index is 1890. The van der Waals surface area contributed by atoms with E-state index in [-0.39, 0.29) is 69.0 Å². The molecule has 0 bridgehead atoms. The molecule has 0 spiro atoms. The highest BCUT2D eigenvalue weighted by Crippen LogP contribution is 2.43. The largest absolute Gasteiger partial charge is 0.508 e. The first-order valence-corrected chi connectivity index (χ1v) is 12.4. The van der Waals surface area contributed by atoms with Gasteiger partial charge in [-0.2, -0.15) is 0 Å². The van der Waals surface area contributed by atoms with Gasteiger partial charge in [0.1, 0.15) is 62.9 Å². The molecule has 1 unspecified atom stereocenters. The van der Waals surface area contributed by atoms with Crippen molar-refractivity contribution in [1.29, 1.82) is 0 Å². The number of rotatable bonds is 5. The molecule has 4 N–H and O–H groups in total. The molecule has 1 aromatic heterocycles. The standard InChI is InChI=1S/C31H22O10/c1-38-19-11-22(35)31-24(37)14-26(41-29(31)12-19)16-4-7-20(33)27(8-16)39-18-5-2-15(3-6-18)25-13-23(36)30-21(34)9-17(32)10-28(30)40-25/h2-13,26,32-35H,14H2,1H3. The van der Waals surface area contributed by atoms with Crippen molar-refractivity contribution in [3.05, 3.63) is 94.1 Å². The number of ketones is 1. The summed E-state index contributed by atoms with van der Waals surface area (Å²) in [5.74, 6) is -0.0530. The van der Waals surface area contributed by atoms with Crippen molar-refractivity contribution >= 4 is 16.8 Å². The lowest BCUT2D eigenvalue weighted by atomic mass is 9.95. The Morgan fingerprint density at radius 2 is 1.59 bits per heavy atom. The van der Waals surface area contributed by atoms with Crippen molar-refractivity contribution in [2.24, 2.45) is 0 Å². The van der Waals surface area contributed by atoms with Gasteiger partial charge in [0.25, 0.3) is 0 Å². The van der Waals surface area contributed by atoms with Gasteiger partial charge in [-0.1, -0.05) is 6.07 Å². The molecule has 10 heteroatoms. The molecule has 4 aromatic carbocycles. The van der Waals surface area contributed by atoms with Crippen LogP contribution in [0.2, 0.25) is 0 Å². The van der Waals surface area contributed by atoms with Crippen LogP contribution in [0.15, 0.2) is 82.0 Å². The maximum Gasteiger partial charge on any atom is 0.197 e. The summed E-state index contributed by atoms with van der Waals surface area (Å²) in [5, 5.41) is 40.4. The van der Waals surface area contributed by atoms with E-state index in [0.29, 0.717) is 22.6 Å². The van der Waals surface area contributed by atoms with Crippen molar-refractivity contribution in [2.75, 3.05) is 7.11 Å². The van der Waals surface area contributed by atoms with Crippen LogP contribution in [-0.2, 0) is 0 Å². The van der Waals surface area contributed by atoms with E-state index in [1.54, 1.807) is 36.4 Å². The van der Waals surface area contributed by atoms with E-state index in [4.69, 9.17) is 18.6 Å². The van der Waals surface area contributed by atoms with Crippen LogP contribution in [0.3, 0.4) is 0 Å². The number of carbonyl (C=O) groups excluding carboxylic acids is 1. The van der Waals surface area contributed by atoms with Crippen LogP contribution in [0.25, 0.3) is 22.3 Å². The molecule has 0 amide bonds. The third-order valence-electron chi connectivity index (χ3n) is 6.73. The number of ether oxygens (including phenoxy) is 3. The Kier molecular flexibility index (Phi) is 6.15. The molecule has 0 saturated carbocycles. The fourth-order valence-corrected chi connectivity index (χ4v) is 4.74. The number of carbonyl (C=O) groups is 1. The van der Waals surface area contributed by atoms with Crippen LogP contribution >= 0.6 is 0 Å². The van der Waals surface area contributed by atoms with Gasteiger partial charge in [0, 0.05) is 35.9 Å². The van der Waals surface area contributed by atoms with E-state index in [0.717, 1.165) is 6.07 Å². The summed E-state index contributed by atoms with van der Waals surface area (Å²) < 4.78 is 22.8. The van der Waals surface area contributed by atoms with Gasteiger partial charge in [-0.3, -0.25) is 9.59 Å². The van der Waals surface area contributed by atoms with Gasteiger partial charge in [-0.15, -0.1) is 0 Å². The molecule has 1 aliphatic heterocycles. The lowest BCUT2D eigenvalue weighted by Crippen LogP contribution is -2.20. The molecule has 0 fully saturated rings. The fourth-order valence-electron chi connectivity index (χ4n) is 4.74. The number of fused-ring (bicyclic) bond motifs is 2. The molecule has 41 heavy (non-hydrogen) atoms. The topological polar surface area (TPSA) is 156 Å². The molecule has 0 saturated heterocycles. The second-order valence-electron chi connectivity index (χ2n) is 9.42. The molecule has 10 nitrogen and oxygen atoms in total. The highest BCUT2D eigenvalue weighted by Gasteiger charge is 2.31. The Morgan fingerprint density at radius 3 is 2.34 bits per heavy atom. The van der Waals surface area contributed by atoms with E-state index in [2.05, 4.69) is 0 Å². The van der Waals surface area contributed by atoms with E-state index >= 15 is 0 Å². The van der Waals surface area contributed by atoms with Crippen molar-refractivity contribution in [2.45, 2.75) is 12.5 Å². The second kappa shape index (κ2) is 9.83. The smallest absolute Gasteiger partial charge is 0.197 e. The quantitative estimate of drug-likeness (QED) is 0.210. The third kappa shape index (κ3) is 4.71. The highest BCUT2D eigenvalue weighted by atomic mass is 16.5. The molecule has 0 aliphatic carbocycles. The van der Waals surface area contributed by atoms with E-state index in [1.807, 2.05) is 0 Å². The highest BCUT2D eigenvalue weighted by molar-refractivity contribution is 6.02. The third-order valence-corrected chi connectivity index (χ3v) is 6.73. The average molecular weight is 555 g/mol. The van der Waals surface area contributed by atoms with Crippen LogP contribution in [0.1, 0.15) is 28.4 Å².